The van der Waals surface area contributed by atoms with E-state index >= 15 is 0 Å². The number of carbonyl (C=O) groups excluding carboxylic acids is 2. The molecule has 0 atom stereocenters. The molecule has 5 nitrogen and oxygen atoms in total. The number of pyridine rings is 1. The molecule has 1 aromatic carbocycles. The van der Waals surface area contributed by atoms with E-state index in [0.717, 1.165) is 17.2 Å². The Hall–Kier alpha value is -2.65. The highest BCUT2D eigenvalue weighted by molar-refractivity contribution is 7.21. The molecule has 4 heterocycles. The van der Waals surface area contributed by atoms with E-state index in [2.05, 4.69) is 10.3 Å². The van der Waals surface area contributed by atoms with Gasteiger partial charge in [-0.3, -0.25) is 14.6 Å². The highest BCUT2D eigenvalue weighted by atomic mass is 35.5. The van der Waals surface area contributed by atoms with Gasteiger partial charge in [0.2, 0.25) is 5.91 Å². The lowest BCUT2D eigenvalue weighted by Gasteiger charge is -2.47. The molecule has 0 saturated carbocycles. The number of hydrogen-bond donors (Lipinski definition) is 1. The van der Waals surface area contributed by atoms with Gasteiger partial charge in [-0.1, -0.05) is 29.8 Å². The number of nitrogens with zero attached hydrogens (tertiary/aromatic N) is 2. The minimum absolute atomic E-state index is 0.0114. The van der Waals surface area contributed by atoms with Gasteiger partial charge >= 0.3 is 6.18 Å². The summed E-state index contributed by atoms with van der Waals surface area (Å²) in [4.78, 5) is 30.0. The number of alkyl halides is 3. The fourth-order valence-corrected chi connectivity index (χ4v) is 5.62. The van der Waals surface area contributed by atoms with E-state index in [9.17, 15) is 22.8 Å². The van der Waals surface area contributed by atoms with Crippen molar-refractivity contribution in [1.29, 1.82) is 0 Å². The van der Waals surface area contributed by atoms with Crippen molar-refractivity contribution in [3.05, 3.63) is 52.1 Å². The molecular formula is C21H15ClF3N3O2S. The first-order valence-corrected chi connectivity index (χ1v) is 10.7. The average Bonchev–Trinajstić information content (AvgIpc) is 3.26. The van der Waals surface area contributed by atoms with Crippen molar-refractivity contribution in [3.63, 3.8) is 0 Å². The first-order valence-electron chi connectivity index (χ1n) is 9.51. The Morgan fingerprint density at radius 3 is 2.55 bits per heavy atom. The number of carbonyl (C=O) groups is 2. The Morgan fingerprint density at radius 1 is 1.19 bits per heavy atom. The molecule has 31 heavy (non-hydrogen) atoms. The van der Waals surface area contributed by atoms with E-state index in [4.69, 9.17) is 11.6 Å². The second-order valence-corrected chi connectivity index (χ2v) is 9.31. The monoisotopic (exact) mass is 465 g/mol. The van der Waals surface area contributed by atoms with Crippen LogP contribution >= 0.6 is 22.9 Å². The Bertz CT molecular complexity index is 1220. The standard InChI is InChI=1S/C21H15ClF3N3O2S/c22-17-13-3-1-11(12-2-4-15(26-8-12)21(23,24)25)7-14(13)31-18(17)19(30)28-9-20(10-28)6-5-16(29)27-20/h1-4,7-8H,5-6,9-10H2,(H,27,29). The number of nitrogens with one attached hydrogen (secondary N) is 1. The van der Waals surface area contributed by atoms with Crippen LogP contribution in [0, 0.1) is 0 Å². The number of halogens is 4. The van der Waals surface area contributed by atoms with Gasteiger partial charge in [0.25, 0.3) is 5.91 Å². The van der Waals surface area contributed by atoms with Crippen LogP contribution in [0.1, 0.15) is 28.2 Å². The molecule has 160 valence electrons. The summed E-state index contributed by atoms with van der Waals surface area (Å²) in [7, 11) is 0. The van der Waals surface area contributed by atoms with Crippen LogP contribution in [0.25, 0.3) is 21.2 Å². The van der Waals surface area contributed by atoms with Crippen molar-refractivity contribution in [2.45, 2.75) is 24.6 Å². The first kappa shape index (κ1) is 20.3. The van der Waals surface area contributed by atoms with Gasteiger partial charge in [-0.05, 0) is 24.1 Å². The predicted molar refractivity (Wildman–Crippen MR) is 111 cm³/mol. The molecule has 0 radical (unpaired) electrons. The third-order valence-corrected chi connectivity index (χ3v) is 7.37. The van der Waals surface area contributed by atoms with Crippen molar-refractivity contribution in [2.75, 3.05) is 13.1 Å². The van der Waals surface area contributed by atoms with Crippen LogP contribution in [-0.2, 0) is 11.0 Å². The van der Waals surface area contributed by atoms with E-state index in [1.54, 1.807) is 23.1 Å². The molecule has 5 rings (SSSR count). The number of fused-ring (bicyclic) bond motifs is 1. The van der Waals surface area contributed by atoms with Crippen molar-refractivity contribution in [1.82, 2.24) is 15.2 Å². The highest BCUT2D eigenvalue weighted by Crippen LogP contribution is 2.40. The van der Waals surface area contributed by atoms with Gasteiger partial charge in [-0.15, -0.1) is 11.3 Å². The first-order chi connectivity index (χ1) is 14.7. The van der Waals surface area contributed by atoms with Crippen LogP contribution in [0.4, 0.5) is 13.2 Å². The van der Waals surface area contributed by atoms with Crippen molar-refractivity contribution in [3.8, 4) is 11.1 Å². The minimum Gasteiger partial charge on any atom is -0.347 e. The SMILES string of the molecule is O=C1CCC2(CN(C(=O)c3sc4cc(-c5ccc(C(F)(F)F)nc5)ccc4c3Cl)C2)N1. The average molecular weight is 466 g/mol. The third kappa shape index (κ3) is 3.45. The summed E-state index contributed by atoms with van der Waals surface area (Å²) in [6, 6.07) is 7.60. The van der Waals surface area contributed by atoms with Gasteiger partial charge in [-0.2, -0.15) is 13.2 Å². The maximum atomic E-state index is 12.9. The molecule has 2 aliphatic heterocycles. The Morgan fingerprint density at radius 2 is 1.94 bits per heavy atom. The second kappa shape index (κ2) is 6.93. The number of hydrogen-bond acceptors (Lipinski definition) is 4. The van der Waals surface area contributed by atoms with Crippen molar-refractivity contribution in [2.24, 2.45) is 0 Å². The molecule has 10 heteroatoms. The summed E-state index contributed by atoms with van der Waals surface area (Å²) in [5, 5.41) is 4.02. The number of likely N-dealkylation sites (tertiary alicyclic amines) is 1. The zero-order chi connectivity index (χ0) is 22.0. The minimum atomic E-state index is -4.49. The predicted octanol–water partition coefficient (Wildman–Crippen LogP) is 4.74. The lowest BCUT2D eigenvalue weighted by molar-refractivity contribution is -0.141. The van der Waals surface area contributed by atoms with Crippen molar-refractivity contribution >= 4 is 44.8 Å². The summed E-state index contributed by atoms with van der Waals surface area (Å²) >= 11 is 7.72. The summed E-state index contributed by atoms with van der Waals surface area (Å²) in [5.41, 5.74) is -0.0372. The van der Waals surface area contributed by atoms with E-state index in [0.29, 0.717) is 45.9 Å². The summed E-state index contributed by atoms with van der Waals surface area (Å²) < 4.78 is 39.0. The zero-order valence-electron chi connectivity index (χ0n) is 15.9. The normalized spacial score (nSPS) is 17.8. The molecule has 0 aliphatic carbocycles. The van der Waals surface area contributed by atoms with E-state index in [-0.39, 0.29) is 17.4 Å². The molecule has 2 fully saturated rings. The number of thiophene rings is 1. The van der Waals surface area contributed by atoms with Crippen LogP contribution in [0.2, 0.25) is 5.02 Å². The Labute approximate surface area is 183 Å². The highest BCUT2D eigenvalue weighted by Gasteiger charge is 2.49. The molecule has 1 N–H and O–H groups in total. The molecular weight excluding hydrogens is 451 g/mol. The van der Waals surface area contributed by atoms with Crippen LogP contribution in [0.3, 0.4) is 0 Å². The lowest BCUT2D eigenvalue weighted by Crippen LogP contribution is -2.68. The molecule has 3 aromatic rings. The van der Waals surface area contributed by atoms with Gasteiger partial charge in [0, 0.05) is 41.4 Å². The Kier molecular flexibility index (Phi) is 4.53. The summed E-state index contributed by atoms with van der Waals surface area (Å²) in [5.74, 6) is -0.173. The molecule has 2 aromatic heterocycles. The van der Waals surface area contributed by atoms with Gasteiger partial charge in [0.05, 0.1) is 10.6 Å². The maximum absolute atomic E-state index is 12.9. The fourth-order valence-electron chi connectivity index (χ4n) is 4.10. The van der Waals surface area contributed by atoms with E-state index in [1.807, 2.05) is 0 Å². The summed E-state index contributed by atoms with van der Waals surface area (Å²) in [6.07, 6.45) is -2.11. The molecule has 1 spiro atoms. The third-order valence-electron chi connectivity index (χ3n) is 5.72. The van der Waals surface area contributed by atoms with Crippen LogP contribution < -0.4 is 5.32 Å². The molecule has 0 unspecified atom stereocenters. The fraction of sp³-hybridized carbons (Fsp3) is 0.286. The van der Waals surface area contributed by atoms with E-state index in [1.165, 1.54) is 23.6 Å². The number of rotatable bonds is 2. The Balaban J connectivity index is 1.40. The number of aromatic nitrogens is 1. The van der Waals surface area contributed by atoms with E-state index < -0.39 is 11.9 Å². The number of benzene rings is 1. The van der Waals surface area contributed by atoms with Gasteiger partial charge in [-0.25, -0.2) is 0 Å². The molecule has 2 amide bonds. The quantitative estimate of drug-likeness (QED) is 0.594. The van der Waals surface area contributed by atoms with Gasteiger partial charge in [0.1, 0.15) is 10.6 Å². The maximum Gasteiger partial charge on any atom is 0.433 e. The lowest BCUT2D eigenvalue weighted by atomic mass is 9.88. The van der Waals surface area contributed by atoms with Crippen LogP contribution in [0.15, 0.2) is 36.5 Å². The molecule has 2 aliphatic rings. The topological polar surface area (TPSA) is 62.3 Å². The molecule has 0 bridgehead atoms. The molecule has 2 saturated heterocycles. The largest absolute Gasteiger partial charge is 0.433 e. The van der Waals surface area contributed by atoms with Crippen LogP contribution in [0.5, 0.6) is 0 Å². The van der Waals surface area contributed by atoms with Crippen LogP contribution in [-0.4, -0.2) is 40.3 Å². The van der Waals surface area contributed by atoms with Gasteiger partial charge in [0.15, 0.2) is 0 Å². The zero-order valence-corrected chi connectivity index (χ0v) is 17.5. The number of amides is 2. The van der Waals surface area contributed by atoms with Crippen molar-refractivity contribution < 1.29 is 22.8 Å². The summed E-state index contributed by atoms with van der Waals surface area (Å²) in [6.45, 7) is 0.926. The van der Waals surface area contributed by atoms with Gasteiger partial charge < -0.3 is 10.2 Å². The smallest absolute Gasteiger partial charge is 0.347 e. The second-order valence-electron chi connectivity index (χ2n) is 7.88.